The first kappa shape index (κ1) is 16.5. The summed E-state index contributed by atoms with van der Waals surface area (Å²) < 4.78 is 5.38. The number of aromatic amines is 1. The van der Waals surface area contributed by atoms with E-state index in [9.17, 15) is 4.79 Å². The Balaban J connectivity index is 1.38. The van der Waals surface area contributed by atoms with E-state index in [-0.39, 0.29) is 17.9 Å². The lowest BCUT2D eigenvalue weighted by atomic mass is 9.87. The van der Waals surface area contributed by atoms with E-state index >= 15 is 0 Å². The highest BCUT2D eigenvalue weighted by atomic mass is 16.5. The Kier molecular flexibility index (Phi) is 4.72. The fraction of sp³-hybridized carbons (Fsp3) is 0.579. The molecule has 4 rings (SSSR count). The predicted octanol–water partition coefficient (Wildman–Crippen LogP) is 2.02. The third kappa shape index (κ3) is 3.28. The third-order valence-corrected chi connectivity index (χ3v) is 5.79. The molecule has 1 amide bonds. The van der Waals surface area contributed by atoms with Crippen molar-refractivity contribution in [2.45, 2.75) is 37.6 Å². The number of piperidine rings is 1. The lowest BCUT2D eigenvalue weighted by Gasteiger charge is -2.36. The van der Waals surface area contributed by atoms with Crippen molar-refractivity contribution in [3.05, 3.63) is 30.1 Å². The van der Waals surface area contributed by atoms with Gasteiger partial charge in [-0.15, -0.1) is 0 Å². The summed E-state index contributed by atoms with van der Waals surface area (Å²) in [7, 11) is 0. The monoisotopic (exact) mass is 342 g/mol. The average molecular weight is 342 g/mol. The molecule has 2 aromatic rings. The number of amides is 1. The van der Waals surface area contributed by atoms with Gasteiger partial charge < -0.3 is 20.4 Å². The van der Waals surface area contributed by atoms with Gasteiger partial charge in [-0.3, -0.25) is 4.79 Å². The number of pyridine rings is 1. The molecule has 0 aliphatic carbocycles. The molecule has 2 aliphatic heterocycles. The van der Waals surface area contributed by atoms with E-state index in [1.165, 1.54) is 10.9 Å². The molecule has 6 heteroatoms. The van der Waals surface area contributed by atoms with Gasteiger partial charge in [0, 0.05) is 44.1 Å². The molecule has 3 N–H and O–H groups in total. The molecular formula is C19H26N4O2. The van der Waals surface area contributed by atoms with E-state index in [2.05, 4.69) is 22.2 Å². The van der Waals surface area contributed by atoms with Gasteiger partial charge in [-0.25, -0.2) is 4.98 Å². The van der Waals surface area contributed by atoms with Crippen LogP contribution in [0.25, 0.3) is 11.0 Å². The number of likely N-dealkylation sites (tertiary alicyclic amines) is 1. The lowest BCUT2D eigenvalue weighted by molar-refractivity contribution is -0.135. The fourth-order valence-electron chi connectivity index (χ4n) is 4.21. The number of aromatic nitrogens is 2. The molecule has 6 nitrogen and oxygen atoms in total. The van der Waals surface area contributed by atoms with Crippen molar-refractivity contribution >= 4 is 16.9 Å². The highest BCUT2D eigenvalue weighted by molar-refractivity contribution is 5.82. The quantitative estimate of drug-likeness (QED) is 0.894. The van der Waals surface area contributed by atoms with E-state index in [4.69, 9.17) is 10.5 Å². The molecule has 25 heavy (non-hydrogen) atoms. The molecule has 134 valence electrons. The average Bonchev–Trinajstić information content (AvgIpc) is 3.12. The summed E-state index contributed by atoms with van der Waals surface area (Å²) in [5.41, 5.74) is 8.53. The number of carbonyl (C=O) groups is 1. The number of nitrogens with zero attached hydrogens (tertiary/aromatic N) is 2. The van der Waals surface area contributed by atoms with Gasteiger partial charge >= 0.3 is 0 Å². The second-order valence-electron chi connectivity index (χ2n) is 7.22. The zero-order valence-electron chi connectivity index (χ0n) is 14.5. The fourth-order valence-corrected chi connectivity index (χ4v) is 4.21. The number of H-pyrrole nitrogens is 1. The molecule has 0 radical (unpaired) electrons. The minimum Gasteiger partial charge on any atom is -0.381 e. The van der Waals surface area contributed by atoms with E-state index in [0.717, 1.165) is 57.6 Å². The molecule has 0 spiro atoms. The topological polar surface area (TPSA) is 84.2 Å². The lowest BCUT2D eigenvalue weighted by Crippen LogP contribution is -2.51. The molecule has 0 saturated carbocycles. The summed E-state index contributed by atoms with van der Waals surface area (Å²) in [6, 6.07) is 3.72. The minimum atomic E-state index is -0.377. The van der Waals surface area contributed by atoms with Crippen LogP contribution in [0, 0.1) is 5.92 Å². The molecule has 2 aliphatic rings. The first-order valence-corrected chi connectivity index (χ1v) is 9.28. The molecule has 2 saturated heterocycles. The number of nitrogens with one attached hydrogen (secondary N) is 1. The van der Waals surface area contributed by atoms with Gasteiger partial charge in [0.05, 0.1) is 6.04 Å². The van der Waals surface area contributed by atoms with Crippen molar-refractivity contribution in [2.24, 2.45) is 11.7 Å². The summed E-state index contributed by atoms with van der Waals surface area (Å²) >= 11 is 0. The van der Waals surface area contributed by atoms with Crippen molar-refractivity contribution in [3.63, 3.8) is 0 Å². The van der Waals surface area contributed by atoms with Crippen LogP contribution in [0.3, 0.4) is 0 Å². The summed E-state index contributed by atoms with van der Waals surface area (Å²) in [6.07, 6.45) is 7.63. The van der Waals surface area contributed by atoms with Gasteiger partial charge in [0.15, 0.2) is 0 Å². The van der Waals surface area contributed by atoms with Crippen LogP contribution in [0.5, 0.6) is 0 Å². The summed E-state index contributed by atoms with van der Waals surface area (Å²) in [6.45, 7) is 3.02. The largest absolute Gasteiger partial charge is 0.381 e. The van der Waals surface area contributed by atoms with Crippen molar-refractivity contribution < 1.29 is 9.53 Å². The minimum absolute atomic E-state index is 0.117. The standard InChI is InChI=1S/C19H26N4O2/c20-17(14-5-10-25-11-6-14)19(24)23-8-3-13(4-9-23)16-12-22-18-15(16)2-1-7-21-18/h1-2,7,12-14,17H,3-6,8-11,20H2,(H,21,22). The summed E-state index contributed by atoms with van der Waals surface area (Å²) in [5, 5.41) is 1.20. The van der Waals surface area contributed by atoms with E-state index in [0.29, 0.717) is 5.92 Å². The smallest absolute Gasteiger partial charge is 0.239 e. The van der Waals surface area contributed by atoms with Crippen LogP contribution in [0.1, 0.15) is 37.2 Å². The van der Waals surface area contributed by atoms with E-state index < -0.39 is 0 Å². The Labute approximate surface area is 147 Å². The molecular weight excluding hydrogens is 316 g/mol. The number of hydrogen-bond acceptors (Lipinski definition) is 4. The highest BCUT2D eigenvalue weighted by Gasteiger charge is 2.32. The van der Waals surface area contributed by atoms with E-state index in [1.54, 1.807) is 0 Å². The van der Waals surface area contributed by atoms with Gasteiger partial charge in [-0.2, -0.15) is 0 Å². The zero-order chi connectivity index (χ0) is 17.2. The zero-order valence-corrected chi connectivity index (χ0v) is 14.5. The van der Waals surface area contributed by atoms with Crippen LogP contribution < -0.4 is 5.73 Å². The van der Waals surface area contributed by atoms with Crippen LogP contribution in [0.2, 0.25) is 0 Å². The Morgan fingerprint density at radius 3 is 2.80 bits per heavy atom. The maximum absolute atomic E-state index is 12.7. The van der Waals surface area contributed by atoms with Crippen LogP contribution in [-0.2, 0) is 9.53 Å². The third-order valence-electron chi connectivity index (χ3n) is 5.79. The maximum Gasteiger partial charge on any atom is 0.239 e. The number of hydrogen-bond donors (Lipinski definition) is 2. The molecule has 1 unspecified atom stereocenters. The normalized spacial score (nSPS) is 21.6. The van der Waals surface area contributed by atoms with Crippen LogP contribution in [0.15, 0.2) is 24.5 Å². The van der Waals surface area contributed by atoms with Crippen LogP contribution in [0.4, 0.5) is 0 Å². The Bertz CT molecular complexity index is 730. The number of carbonyl (C=O) groups excluding carboxylic acids is 1. The molecule has 0 aromatic carbocycles. The van der Waals surface area contributed by atoms with Crippen LogP contribution >= 0.6 is 0 Å². The number of ether oxygens (including phenoxy) is 1. The van der Waals surface area contributed by atoms with Crippen LogP contribution in [-0.4, -0.2) is 53.1 Å². The molecule has 4 heterocycles. The summed E-state index contributed by atoms with van der Waals surface area (Å²) in [4.78, 5) is 22.3. The molecule has 2 aromatic heterocycles. The SMILES string of the molecule is NC(C(=O)N1CCC(c2c[nH]c3ncccc23)CC1)C1CCOCC1. The van der Waals surface area contributed by atoms with Crippen molar-refractivity contribution in [1.29, 1.82) is 0 Å². The number of nitrogens with two attached hydrogens (primary N) is 1. The van der Waals surface area contributed by atoms with Crippen molar-refractivity contribution in [2.75, 3.05) is 26.3 Å². The Hall–Kier alpha value is -1.92. The number of rotatable bonds is 3. The molecule has 0 bridgehead atoms. The van der Waals surface area contributed by atoms with Gasteiger partial charge in [-0.05, 0) is 55.2 Å². The first-order valence-electron chi connectivity index (χ1n) is 9.28. The molecule has 1 atom stereocenters. The highest BCUT2D eigenvalue weighted by Crippen LogP contribution is 2.33. The van der Waals surface area contributed by atoms with Crippen molar-refractivity contribution in [1.82, 2.24) is 14.9 Å². The van der Waals surface area contributed by atoms with Gasteiger partial charge in [0.1, 0.15) is 5.65 Å². The Morgan fingerprint density at radius 1 is 1.28 bits per heavy atom. The second kappa shape index (κ2) is 7.14. The van der Waals surface area contributed by atoms with Gasteiger partial charge in [-0.1, -0.05) is 0 Å². The maximum atomic E-state index is 12.7. The Morgan fingerprint density at radius 2 is 2.04 bits per heavy atom. The molecule has 2 fully saturated rings. The van der Waals surface area contributed by atoms with Gasteiger partial charge in [0.25, 0.3) is 0 Å². The van der Waals surface area contributed by atoms with E-state index in [1.807, 2.05) is 17.2 Å². The van der Waals surface area contributed by atoms with Crippen molar-refractivity contribution in [3.8, 4) is 0 Å². The second-order valence-corrected chi connectivity index (χ2v) is 7.22. The predicted molar refractivity (Wildman–Crippen MR) is 96.2 cm³/mol. The van der Waals surface area contributed by atoms with Gasteiger partial charge in [0.2, 0.25) is 5.91 Å². The first-order chi connectivity index (χ1) is 12.2. The summed E-state index contributed by atoms with van der Waals surface area (Å²) in [5.74, 6) is 0.853. The number of fused-ring (bicyclic) bond motifs is 1.